The smallest absolute Gasteiger partial charge is 0.334 e. The van der Waals surface area contributed by atoms with Crippen LogP contribution in [0.1, 0.15) is 0 Å². The summed E-state index contributed by atoms with van der Waals surface area (Å²) in [6.45, 7) is 0.478. The highest BCUT2D eigenvalue weighted by Gasteiger charge is 2.29. The molecule has 0 radical (unpaired) electrons. The number of aromatic nitrogens is 4. The van der Waals surface area contributed by atoms with Crippen LogP contribution < -0.4 is 0 Å². The van der Waals surface area contributed by atoms with Crippen molar-refractivity contribution in [1.29, 1.82) is 0 Å². The van der Waals surface area contributed by atoms with Crippen molar-refractivity contribution in [3.05, 3.63) is 30.3 Å². The summed E-state index contributed by atoms with van der Waals surface area (Å²) >= 11 is 0. The maximum atomic E-state index is 12.2. The minimum absolute atomic E-state index is 0.0222. The van der Waals surface area contributed by atoms with Crippen molar-refractivity contribution in [2.45, 2.75) is 12.6 Å². The highest BCUT2D eigenvalue weighted by molar-refractivity contribution is 5.78. The first-order valence-electron chi connectivity index (χ1n) is 7.09. The molecule has 0 aliphatic carbocycles. The van der Waals surface area contributed by atoms with E-state index in [2.05, 4.69) is 15.4 Å². The molecule has 2 heterocycles. The highest BCUT2D eigenvalue weighted by Crippen LogP contribution is 2.12. The molecule has 1 fully saturated rings. The van der Waals surface area contributed by atoms with Gasteiger partial charge in [0.1, 0.15) is 6.54 Å². The van der Waals surface area contributed by atoms with E-state index in [1.807, 2.05) is 30.3 Å². The predicted molar refractivity (Wildman–Crippen MR) is 77.2 cm³/mol. The van der Waals surface area contributed by atoms with Crippen LogP contribution in [0, 0.1) is 0 Å². The van der Waals surface area contributed by atoms with E-state index in [0.29, 0.717) is 12.4 Å². The van der Waals surface area contributed by atoms with Crippen molar-refractivity contribution in [3.8, 4) is 11.4 Å². The van der Waals surface area contributed by atoms with E-state index in [9.17, 15) is 9.59 Å². The van der Waals surface area contributed by atoms with Crippen molar-refractivity contribution >= 4 is 11.9 Å². The van der Waals surface area contributed by atoms with E-state index >= 15 is 0 Å². The van der Waals surface area contributed by atoms with E-state index in [-0.39, 0.29) is 25.6 Å². The van der Waals surface area contributed by atoms with E-state index in [1.165, 1.54) is 9.70 Å². The van der Waals surface area contributed by atoms with E-state index < -0.39 is 12.1 Å². The van der Waals surface area contributed by atoms with E-state index in [4.69, 9.17) is 9.84 Å². The molecular weight excluding hydrogens is 302 g/mol. The van der Waals surface area contributed by atoms with Crippen LogP contribution in [0.5, 0.6) is 0 Å². The molecule has 1 atom stereocenters. The van der Waals surface area contributed by atoms with Crippen molar-refractivity contribution in [3.63, 3.8) is 0 Å². The second-order valence-corrected chi connectivity index (χ2v) is 5.05. The predicted octanol–water partition coefficient (Wildman–Crippen LogP) is -0.348. The lowest BCUT2D eigenvalue weighted by Gasteiger charge is -2.30. The summed E-state index contributed by atoms with van der Waals surface area (Å²) in [5.74, 6) is -0.909. The average molecular weight is 317 g/mol. The van der Waals surface area contributed by atoms with Crippen LogP contribution in [0.15, 0.2) is 30.3 Å². The number of ether oxygens (including phenoxy) is 1. The molecule has 3 rings (SSSR count). The molecule has 120 valence electrons. The van der Waals surface area contributed by atoms with Gasteiger partial charge in [0.05, 0.1) is 13.2 Å². The van der Waals surface area contributed by atoms with Gasteiger partial charge >= 0.3 is 5.97 Å². The van der Waals surface area contributed by atoms with Gasteiger partial charge in [-0.3, -0.25) is 4.79 Å². The van der Waals surface area contributed by atoms with Gasteiger partial charge in [-0.05, 0) is 5.21 Å². The molecule has 0 saturated carbocycles. The van der Waals surface area contributed by atoms with Gasteiger partial charge in [-0.2, -0.15) is 4.80 Å². The second-order valence-electron chi connectivity index (χ2n) is 5.05. The van der Waals surface area contributed by atoms with Crippen molar-refractivity contribution in [2.24, 2.45) is 0 Å². The average Bonchev–Trinajstić information content (AvgIpc) is 3.04. The van der Waals surface area contributed by atoms with Crippen LogP contribution in [-0.2, 0) is 20.9 Å². The quantitative estimate of drug-likeness (QED) is 0.820. The Morgan fingerprint density at radius 2 is 2.09 bits per heavy atom. The Morgan fingerprint density at radius 1 is 1.30 bits per heavy atom. The minimum Gasteiger partial charge on any atom is -0.479 e. The van der Waals surface area contributed by atoms with E-state index in [0.717, 1.165) is 5.56 Å². The molecule has 9 nitrogen and oxygen atoms in total. The summed E-state index contributed by atoms with van der Waals surface area (Å²) in [7, 11) is 0. The molecule has 1 aromatic carbocycles. The molecule has 1 aliphatic heterocycles. The Morgan fingerprint density at radius 3 is 2.83 bits per heavy atom. The number of carboxylic acids is 1. The van der Waals surface area contributed by atoms with Gasteiger partial charge in [-0.15, -0.1) is 10.2 Å². The first-order chi connectivity index (χ1) is 11.1. The van der Waals surface area contributed by atoms with E-state index in [1.54, 1.807) is 0 Å². The van der Waals surface area contributed by atoms with Crippen molar-refractivity contribution in [2.75, 3.05) is 19.7 Å². The number of morpholine rings is 1. The number of carbonyl (C=O) groups is 2. The summed E-state index contributed by atoms with van der Waals surface area (Å²) in [5.41, 5.74) is 0.809. The van der Waals surface area contributed by atoms with Crippen LogP contribution in [0.4, 0.5) is 0 Å². The van der Waals surface area contributed by atoms with Crippen molar-refractivity contribution < 1.29 is 19.4 Å². The number of carbonyl (C=O) groups excluding carboxylic acids is 1. The third-order valence-corrected chi connectivity index (χ3v) is 3.46. The topological polar surface area (TPSA) is 110 Å². The first-order valence-corrected chi connectivity index (χ1v) is 7.09. The second kappa shape index (κ2) is 6.53. The molecule has 0 spiro atoms. The Bertz CT molecular complexity index is 702. The SMILES string of the molecule is O=C(O)C1CN(C(=O)Cn2nnc(-c3ccccc3)n2)CCO1. The molecule has 23 heavy (non-hydrogen) atoms. The third-order valence-electron chi connectivity index (χ3n) is 3.46. The fourth-order valence-electron chi connectivity index (χ4n) is 2.26. The molecule has 1 aliphatic rings. The van der Waals surface area contributed by atoms with Gasteiger partial charge < -0.3 is 14.7 Å². The molecule has 1 saturated heterocycles. The summed E-state index contributed by atoms with van der Waals surface area (Å²) in [6.07, 6.45) is -0.990. The number of hydrogen-bond acceptors (Lipinski definition) is 6. The third kappa shape index (κ3) is 3.51. The van der Waals surface area contributed by atoms with Gasteiger partial charge in [0.15, 0.2) is 6.10 Å². The standard InChI is InChI=1S/C14H15N5O4/c20-12(18-6-7-23-11(8-18)14(21)22)9-19-16-13(15-17-19)10-4-2-1-3-5-10/h1-5,11H,6-9H2,(H,21,22). The van der Waals surface area contributed by atoms with Gasteiger partial charge in [-0.25, -0.2) is 4.79 Å². The Balaban J connectivity index is 1.64. The number of benzene rings is 1. The number of hydrogen-bond donors (Lipinski definition) is 1. The molecule has 1 aromatic heterocycles. The number of carboxylic acid groups (broad SMARTS) is 1. The number of tetrazole rings is 1. The number of rotatable bonds is 4. The Hall–Kier alpha value is -2.81. The van der Waals surface area contributed by atoms with Crippen LogP contribution in [-0.4, -0.2) is 67.9 Å². The zero-order valence-electron chi connectivity index (χ0n) is 12.2. The van der Waals surface area contributed by atoms with Gasteiger partial charge in [0.25, 0.3) is 0 Å². The largest absolute Gasteiger partial charge is 0.479 e. The summed E-state index contributed by atoms with van der Waals surface area (Å²) in [6, 6.07) is 9.31. The fraction of sp³-hybridized carbons (Fsp3) is 0.357. The van der Waals surface area contributed by atoms with Crippen LogP contribution in [0.25, 0.3) is 11.4 Å². The zero-order chi connectivity index (χ0) is 16.2. The lowest BCUT2D eigenvalue weighted by atomic mass is 10.2. The molecule has 0 bridgehead atoms. The molecule has 2 aromatic rings. The highest BCUT2D eigenvalue weighted by atomic mass is 16.5. The zero-order valence-corrected chi connectivity index (χ0v) is 12.2. The van der Waals surface area contributed by atoms with Gasteiger partial charge in [0, 0.05) is 12.1 Å². The lowest BCUT2D eigenvalue weighted by molar-refractivity contribution is -0.159. The molecule has 9 heteroatoms. The molecule has 1 unspecified atom stereocenters. The van der Waals surface area contributed by atoms with Gasteiger partial charge in [0.2, 0.25) is 11.7 Å². The summed E-state index contributed by atoms with van der Waals surface area (Å²) in [4.78, 5) is 25.8. The number of amides is 1. The maximum Gasteiger partial charge on any atom is 0.334 e. The Kier molecular flexibility index (Phi) is 4.29. The lowest BCUT2D eigenvalue weighted by Crippen LogP contribution is -2.49. The van der Waals surface area contributed by atoms with Crippen LogP contribution >= 0.6 is 0 Å². The first kappa shape index (κ1) is 15.1. The van der Waals surface area contributed by atoms with Gasteiger partial charge in [-0.1, -0.05) is 30.3 Å². The fourth-order valence-corrected chi connectivity index (χ4v) is 2.26. The summed E-state index contributed by atoms with van der Waals surface area (Å²) < 4.78 is 5.09. The molecular formula is C14H15N5O4. The van der Waals surface area contributed by atoms with Crippen LogP contribution in [0.3, 0.4) is 0 Å². The normalized spacial score (nSPS) is 17.9. The van der Waals surface area contributed by atoms with Crippen molar-refractivity contribution in [1.82, 2.24) is 25.1 Å². The number of aliphatic carboxylic acids is 1. The Labute approximate surface area is 131 Å². The van der Waals surface area contributed by atoms with Crippen LogP contribution in [0.2, 0.25) is 0 Å². The minimum atomic E-state index is -1.08. The molecule has 1 N–H and O–H groups in total. The maximum absolute atomic E-state index is 12.2. The monoisotopic (exact) mass is 317 g/mol. The summed E-state index contributed by atoms with van der Waals surface area (Å²) in [5, 5.41) is 20.9. The molecule has 1 amide bonds. The number of nitrogens with zero attached hydrogens (tertiary/aromatic N) is 5.